The minimum Gasteiger partial charge on any atom is -0.493 e. The van der Waals surface area contributed by atoms with Gasteiger partial charge in [-0.3, -0.25) is 9.69 Å². The highest BCUT2D eigenvalue weighted by Crippen LogP contribution is 2.27. The van der Waals surface area contributed by atoms with Gasteiger partial charge in [0.15, 0.2) is 11.5 Å². The van der Waals surface area contributed by atoms with E-state index in [2.05, 4.69) is 43.4 Å². The van der Waals surface area contributed by atoms with Gasteiger partial charge < -0.3 is 14.8 Å². The average molecular weight is 385 g/mol. The van der Waals surface area contributed by atoms with Crippen LogP contribution < -0.4 is 14.8 Å². The molecule has 1 unspecified atom stereocenters. The second-order valence-corrected chi connectivity index (χ2v) is 7.39. The van der Waals surface area contributed by atoms with E-state index in [1.165, 1.54) is 11.1 Å². The summed E-state index contributed by atoms with van der Waals surface area (Å²) in [6, 6.07) is 14.0. The van der Waals surface area contributed by atoms with Crippen LogP contribution in [0, 0.1) is 0 Å². The molecule has 5 nitrogen and oxygen atoms in total. The molecule has 0 saturated heterocycles. The lowest BCUT2D eigenvalue weighted by Gasteiger charge is -2.24. The number of methoxy groups -OCH3 is 2. The predicted molar refractivity (Wildman–Crippen MR) is 113 cm³/mol. The van der Waals surface area contributed by atoms with Crippen LogP contribution in [0.1, 0.15) is 43.4 Å². The smallest absolute Gasteiger partial charge is 0.237 e. The maximum absolute atomic E-state index is 12.6. The van der Waals surface area contributed by atoms with Gasteiger partial charge in [-0.05, 0) is 48.7 Å². The fourth-order valence-electron chi connectivity index (χ4n) is 2.96. The minimum atomic E-state index is -0.232. The third-order valence-electron chi connectivity index (χ3n) is 5.03. The Morgan fingerprint density at radius 1 is 0.964 bits per heavy atom. The van der Waals surface area contributed by atoms with Crippen LogP contribution in [-0.4, -0.2) is 38.1 Å². The molecule has 5 heteroatoms. The van der Waals surface area contributed by atoms with E-state index >= 15 is 0 Å². The number of ether oxygens (including phenoxy) is 2. The highest BCUT2D eigenvalue weighted by molar-refractivity contribution is 5.81. The Morgan fingerprint density at radius 3 is 2.14 bits per heavy atom. The molecule has 0 spiro atoms. The van der Waals surface area contributed by atoms with Gasteiger partial charge in [0.25, 0.3) is 0 Å². The van der Waals surface area contributed by atoms with Gasteiger partial charge in [0, 0.05) is 13.1 Å². The first kappa shape index (κ1) is 21.8. The Morgan fingerprint density at radius 2 is 1.57 bits per heavy atom. The average Bonchev–Trinajstić information content (AvgIpc) is 2.71. The van der Waals surface area contributed by atoms with Crippen LogP contribution in [0.3, 0.4) is 0 Å². The van der Waals surface area contributed by atoms with E-state index in [9.17, 15) is 4.79 Å². The molecule has 0 bridgehead atoms. The summed E-state index contributed by atoms with van der Waals surface area (Å²) < 4.78 is 10.6. The molecule has 2 aromatic carbocycles. The molecule has 1 atom stereocenters. The van der Waals surface area contributed by atoms with E-state index in [-0.39, 0.29) is 11.9 Å². The number of nitrogens with zero attached hydrogens (tertiary/aromatic N) is 1. The Balaban J connectivity index is 1.90. The molecule has 1 amide bonds. The van der Waals surface area contributed by atoms with E-state index in [1.54, 1.807) is 14.2 Å². The van der Waals surface area contributed by atoms with Crippen LogP contribution in [0.15, 0.2) is 42.5 Å². The first-order chi connectivity index (χ1) is 13.3. The van der Waals surface area contributed by atoms with Gasteiger partial charge in [-0.1, -0.05) is 44.2 Å². The quantitative estimate of drug-likeness (QED) is 0.711. The van der Waals surface area contributed by atoms with E-state index in [0.29, 0.717) is 24.0 Å². The van der Waals surface area contributed by atoms with Crippen LogP contribution in [0.2, 0.25) is 0 Å². The zero-order chi connectivity index (χ0) is 20.7. The topological polar surface area (TPSA) is 50.8 Å². The van der Waals surface area contributed by atoms with Crippen molar-refractivity contribution in [1.82, 2.24) is 10.2 Å². The second kappa shape index (κ2) is 10.1. The third-order valence-corrected chi connectivity index (χ3v) is 5.03. The number of hydrogen-bond donors (Lipinski definition) is 1. The number of carbonyl (C=O) groups is 1. The lowest BCUT2D eigenvalue weighted by Crippen LogP contribution is -2.42. The number of likely N-dealkylation sites (N-methyl/N-ethyl adjacent to an activating group) is 1. The van der Waals surface area contributed by atoms with E-state index < -0.39 is 0 Å². The number of hydrogen-bond acceptors (Lipinski definition) is 4. The van der Waals surface area contributed by atoms with Crippen LogP contribution in [0.25, 0.3) is 0 Å². The fourth-order valence-corrected chi connectivity index (χ4v) is 2.96. The molecule has 152 valence electrons. The summed E-state index contributed by atoms with van der Waals surface area (Å²) in [5, 5.41) is 3.00. The van der Waals surface area contributed by atoms with Gasteiger partial charge in [0.2, 0.25) is 5.91 Å². The summed E-state index contributed by atoms with van der Waals surface area (Å²) in [5.74, 6) is 1.85. The van der Waals surface area contributed by atoms with Crippen molar-refractivity contribution < 1.29 is 14.3 Å². The van der Waals surface area contributed by atoms with Crippen molar-refractivity contribution >= 4 is 5.91 Å². The lowest BCUT2D eigenvalue weighted by atomic mass is 10.0. The molecule has 0 aliphatic heterocycles. The van der Waals surface area contributed by atoms with Crippen molar-refractivity contribution in [2.75, 3.05) is 21.3 Å². The normalized spacial score (nSPS) is 12.1. The fraction of sp³-hybridized carbons (Fsp3) is 0.435. The number of amides is 1. The lowest BCUT2D eigenvalue weighted by molar-refractivity contribution is -0.125. The molecule has 0 saturated carbocycles. The van der Waals surface area contributed by atoms with Crippen LogP contribution in [0.4, 0.5) is 0 Å². The van der Waals surface area contributed by atoms with Crippen LogP contribution in [0.5, 0.6) is 11.5 Å². The van der Waals surface area contributed by atoms with Crippen molar-refractivity contribution in [2.45, 2.75) is 45.8 Å². The minimum absolute atomic E-state index is 0.00362. The van der Waals surface area contributed by atoms with Crippen LogP contribution in [-0.2, 0) is 17.9 Å². The summed E-state index contributed by atoms with van der Waals surface area (Å²) in [5.41, 5.74) is 3.49. The Labute approximate surface area is 168 Å². The molecule has 0 fully saturated rings. The molecule has 0 heterocycles. The molecule has 28 heavy (non-hydrogen) atoms. The van der Waals surface area contributed by atoms with Crippen molar-refractivity contribution in [3.8, 4) is 11.5 Å². The molecule has 0 aromatic heterocycles. The maximum atomic E-state index is 12.6. The van der Waals surface area contributed by atoms with Gasteiger partial charge >= 0.3 is 0 Å². The third kappa shape index (κ3) is 5.73. The Hall–Kier alpha value is -2.53. The first-order valence-electron chi connectivity index (χ1n) is 9.63. The first-order valence-corrected chi connectivity index (χ1v) is 9.63. The predicted octanol–water partition coefficient (Wildman–Crippen LogP) is 3.96. The zero-order valence-corrected chi connectivity index (χ0v) is 17.8. The zero-order valence-electron chi connectivity index (χ0n) is 17.8. The van der Waals surface area contributed by atoms with Gasteiger partial charge in [0.1, 0.15) is 0 Å². The molecule has 2 aromatic rings. The van der Waals surface area contributed by atoms with Crippen molar-refractivity contribution in [2.24, 2.45) is 0 Å². The summed E-state index contributed by atoms with van der Waals surface area (Å²) in [7, 11) is 5.18. The summed E-state index contributed by atoms with van der Waals surface area (Å²) >= 11 is 0. The summed E-state index contributed by atoms with van der Waals surface area (Å²) in [6.07, 6.45) is 0. The molecule has 0 aliphatic carbocycles. The molecule has 0 radical (unpaired) electrons. The molecule has 1 N–H and O–H groups in total. The Bertz CT molecular complexity index is 772. The Kier molecular flexibility index (Phi) is 7.88. The number of nitrogens with one attached hydrogen (secondary N) is 1. The molecule has 0 aliphatic rings. The highest BCUT2D eigenvalue weighted by atomic mass is 16.5. The number of carbonyl (C=O) groups excluding carboxylic acids is 1. The summed E-state index contributed by atoms with van der Waals surface area (Å²) in [4.78, 5) is 14.6. The number of benzene rings is 2. The monoisotopic (exact) mass is 384 g/mol. The SMILES string of the molecule is COc1ccc(CNC(=O)C(C)N(C)Cc2ccc(C(C)C)cc2)cc1OC. The van der Waals surface area contributed by atoms with Crippen molar-refractivity contribution in [3.05, 3.63) is 59.2 Å². The van der Waals surface area contributed by atoms with E-state index in [1.807, 2.05) is 37.1 Å². The van der Waals surface area contributed by atoms with Crippen molar-refractivity contribution in [3.63, 3.8) is 0 Å². The summed E-state index contributed by atoms with van der Waals surface area (Å²) in [6.45, 7) is 7.47. The van der Waals surface area contributed by atoms with Crippen molar-refractivity contribution in [1.29, 1.82) is 0 Å². The van der Waals surface area contributed by atoms with Gasteiger partial charge in [0.05, 0.1) is 20.3 Å². The standard InChI is InChI=1S/C23H32N2O3/c1-16(2)20-10-7-18(8-11-20)15-25(4)17(3)23(26)24-14-19-9-12-21(27-5)22(13-19)28-6/h7-13,16-17H,14-15H2,1-6H3,(H,24,26). The van der Waals surface area contributed by atoms with Gasteiger partial charge in [-0.15, -0.1) is 0 Å². The molecule has 2 rings (SSSR count). The van der Waals surface area contributed by atoms with Gasteiger partial charge in [-0.2, -0.15) is 0 Å². The largest absolute Gasteiger partial charge is 0.493 e. The van der Waals surface area contributed by atoms with Crippen LogP contribution >= 0.6 is 0 Å². The second-order valence-electron chi connectivity index (χ2n) is 7.39. The van der Waals surface area contributed by atoms with Gasteiger partial charge in [-0.25, -0.2) is 0 Å². The highest BCUT2D eigenvalue weighted by Gasteiger charge is 2.18. The van der Waals surface area contributed by atoms with E-state index in [4.69, 9.17) is 9.47 Å². The molecular weight excluding hydrogens is 352 g/mol. The molecular formula is C23H32N2O3. The van der Waals surface area contributed by atoms with E-state index in [0.717, 1.165) is 12.1 Å². The maximum Gasteiger partial charge on any atom is 0.237 e. The number of rotatable bonds is 9.